The van der Waals surface area contributed by atoms with Gasteiger partial charge in [0, 0.05) is 16.8 Å². The van der Waals surface area contributed by atoms with Crippen molar-refractivity contribution in [3.8, 4) is 0 Å². The largest absolute Gasteiger partial charge is 0.336 e. The van der Waals surface area contributed by atoms with Crippen LogP contribution in [0.2, 0.25) is 0 Å². The topological polar surface area (TPSA) is 40.6 Å². The predicted octanol–water partition coefficient (Wildman–Crippen LogP) is 7.74. The van der Waals surface area contributed by atoms with Gasteiger partial charge in [-0.3, -0.25) is 9.69 Å². The molecule has 3 aliphatic carbocycles. The number of rotatable bonds is 2. The molecule has 6 rings (SSSR count). The summed E-state index contributed by atoms with van der Waals surface area (Å²) in [5.74, 6) is -0.195. The van der Waals surface area contributed by atoms with Crippen LogP contribution < -0.4 is 4.90 Å². The number of hydrogen-bond acceptors (Lipinski definition) is 2. The van der Waals surface area contributed by atoms with E-state index in [0.717, 1.165) is 43.5 Å². The van der Waals surface area contributed by atoms with Gasteiger partial charge in [-0.05, 0) is 78.2 Å². The minimum Gasteiger partial charge on any atom is -0.269 e. The van der Waals surface area contributed by atoms with Crippen LogP contribution in [0.4, 0.5) is 10.5 Å². The van der Waals surface area contributed by atoms with Gasteiger partial charge in [0.1, 0.15) is 0 Å². The second kappa shape index (κ2) is 7.44. The third kappa shape index (κ3) is 3.41. The van der Waals surface area contributed by atoms with Crippen LogP contribution in [0.3, 0.4) is 0 Å². The average Bonchev–Trinajstić information content (AvgIpc) is 2.77. The summed E-state index contributed by atoms with van der Waals surface area (Å²) in [5, 5.41) is 0. The summed E-state index contributed by atoms with van der Waals surface area (Å²) < 4.78 is 0. The van der Waals surface area contributed by atoms with E-state index in [1.165, 1.54) is 11.1 Å². The molecule has 2 atom stereocenters. The Kier molecular flexibility index (Phi) is 4.81. The first-order valence-electron chi connectivity index (χ1n) is 13.2. The smallest absolute Gasteiger partial charge is 0.269 e. The van der Waals surface area contributed by atoms with Crippen molar-refractivity contribution in [1.82, 2.24) is 4.90 Å². The zero-order valence-electron chi connectivity index (χ0n) is 22.1. The Morgan fingerprint density at radius 2 is 1.42 bits per heavy atom. The van der Waals surface area contributed by atoms with Crippen LogP contribution in [0, 0.1) is 16.2 Å². The molecule has 4 aliphatic rings. The lowest BCUT2D eigenvalue weighted by Gasteiger charge is -2.64. The van der Waals surface area contributed by atoms with E-state index in [1.54, 1.807) is 4.90 Å². The molecule has 0 N–H and O–H groups in total. The van der Waals surface area contributed by atoms with Crippen LogP contribution in [-0.2, 0) is 0 Å². The molecule has 0 saturated heterocycles. The normalized spacial score (nSPS) is 30.0. The van der Waals surface area contributed by atoms with Gasteiger partial charge in [-0.1, -0.05) is 77.1 Å². The Bertz CT molecular complexity index is 1320. The highest BCUT2D eigenvalue weighted by molar-refractivity contribution is 6.12. The fourth-order valence-corrected chi connectivity index (χ4v) is 8.22. The van der Waals surface area contributed by atoms with E-state index in [2.05, 4.69) is 40.7 Å². The molecule has 0 radical (unpaired) electrons. The first kappa shape index (κ1) is 23.3. The van der Waals surface area contributed by atoms with Gasteiger partial charge < -0.3 is 0 Å². The molecule has 3 amide bonds. The molecule has 0 aromatic heterocycles. The van der Waals surface area contributed by atoms with Crippen molar-refractivity contribution in [1.29, 1.82) is 0 Å². The highest BCUT2D eigenvalue weighted by atomic mass is 16.2. The summed E-state index contributed by atoms with van der Waals surface area (Å²) in [7, 11) is 0. The van der Waals surface area contributed by atoms with Crippen molar-refractivity contribution in [2.75, 3.05) is 4.90 Å². The summed E-state index contributed by atoms with van der Waals surface area (Å²) >= 11 is 0. The number of amides is 3. The second-order valence-electron chi connectivity index (χ2n) is 13.3. The van der Waals surface area contributed by atoms with Crippen molar-refractivity contribution in [3.63, 3.8) is 0 Å². The van der Waals surface area contributed by atoms with Gasteiger partial charge in [0.2, 0.25) is 0 Å². The fraction of sp³-hybridized carbons (Fsp3) is 0.438. The SMILES string of the molecule is CC1(C)CC2=C[C@]3(C)CC(C)(C)C[C@@]4(C3)C2=C(C1)N(c1ccccc1)C(=O)N4C(=O)c1ccccc1. The molecule has 1 aliphatic heterocycles. The molecule has 2 bridgehead atoms. The van der Waals surface area contributed by atoms with E-state index < -0.39 is 5.54 Å². The number of allylic oxidation sites excluding steroid dienone is 2. The van der Waals surface area contributed by atoms with E-state index in [1.807, 2.05) is 65.6 Å². The summed E-state index contributed by atoms with van der Waals surface area (Å²) in [6.45, 7) is 11.5. The van der Waals surface area contributed by atoms with Crippen LogP contribution in [0.15, 0.2) is 83.6 Å². The van der Waals surface area contributed by atoms with E-state index in [4.69, 9.17) is 0 Å². The van der Waals surface area contributed by atoms with Crippen molar-refractivity contribution in [2.24, 2.45) is 16.2 Å². The van der Waals surface area contributed by atoms with Crippen molar-refractivity contribution in [3.05, 3.63) is 89.1 Å². The lowest BCUT2D eigenvalue weighted by molar-refractivity contribution is -0.00217. The lowest BCUT2D eigenvalue weighted by Crippen LogP contribution is -2.69. The van der Waals surface area contributed by atoms with Crippen LogP contribution >= 0.6 is 0 Å². The molecule has 1 fully saturated rings. The number of imide groups is 1. The van der Waals surface area contributed by atoms with Gasteiger partial charge in [0.15, 0.2) is 0 Å². The molecule has 2 aromatic carbocycles. The molecule has 1 saturated carbocycles. The fourth-order valence-electron chi connectivity index (χ4n) is 8.22. The van der Waals surface area contributed by atoms with Crippen LogP contribution in [0.5, 0.6) is 0 Å². The van der Waals surface area contributed by atoms with E-state index in [9.17, 15) is 9.59 Å². The maximum absolute atomic E-state index is 14.7. The molecule has 4 heteroatoms. The third-order valence-electron chi connectivity index (χ3n) is 8.58. The number of para-hydroxylation sites is 1. The third-order valence-corrected chi connectivity index (χ3v) is 8.58. The van der Waals surface area contributed by atoms with Crippen LogP contribution in [-0.4, -0.2) is 22.4 Å². The Hall–Kier alpha value is -3.14. The quantitative estimate of drug-likeness (QED) is 0.441. The summed E-state index contributed by atoms with van der Waals surface area (Å²) in [6.07, 6.45) is 6.92. The number of anilines is 1. The molecule has 1 spiro atoms. The first-order chi connectivity index (χ1) is 16.9. The van der Waals surface area contributed by atoms with Gasteiger partial charge in [-0.15, -0.1) is 0 Å². The Morgan fingerprint density at radius 1 is 0.778 bits per heavy atom. The highest BCUT2D eigenvalue weighted by Crippen LogP contribution is 2.65. The maximum atomic E-state index is 14.7. The summed E-state index contributed by atoms with van der Waals surface area (Å²) in [5.41, 5.74) is 4.37. The van der Waals surface area contributed by atoms with E-state index >= 15 is 0 Å². The number of hydrogen-bond donors (Lipinski definition) is 0. The molecular formula is C32H36N2O2. The minimum absolute atomic E-state index is 0.00940. The predicted molar refractivity (Wildman–Crippen MR) is 144 cm³/mol. The zero-order valence-corrected chi connectivity index (χ0v) is 22.1. The van der Waals surface area contributed by atoms with Crippen molar-refractivity contribution >= 4 is 17.6 Å². The Morgan fingerprint density at radius 3 is 2.08 bits per heavy atom. The molecule has 0 unspecified atom stereocenters. The monoisotopic (exact) mass is 480 g/mol. The van der Waals surface area contributed by atoms with Crippen LogP contribution in [0.25, 0.3) is 0 Å². The van der Waals surface area contributed by atoms with Gasteiger partial charge in [-0.25, -0.2) is 9.69 Å². The Labute approximate surface area is 214 Å². The molecule has 1 heterocycles. The molecule has 4 nitrogen and oxygen atoms in total. The zero-order chi connectivity index (χ0) is 25.5. The number of urea groups is 1. The van der Waals surface area contributed by atoms with Gasteiger partial charge in [-0.2, -0.15) is 0 Å². The molecular weight excluding hydrogens is 444 g/mol. The van der Waals surface area contributed by atoms with Gasteiger partial charge in [0.05, 0.1) is 11.2 Å². The number of benzene rings is 2. The number of nitrogens with zero attached hydrogens (tertiary/aromatic N) is 2. The summed E-state index contributed by atoms with van der Waals surface area (Å²) in [6, 6.07) is 19.0. The van der Waals surface area contributed by atoms with Crippen LogP contribution in [0.1, 0.15) is 77.1 Å². The van der Waals surface area contributed by atoms with E-state index in [-0.39, 0.29) is 28.2 Å². The molecule has 36 heavy (non-hydrogen) atoms. The average molecular weight is 481 g/mol. The highest BCUT2D eigenvalue weighted by Gasteiger charge is 2.64. The Balaban J connectivity index is 1.68. The van der Waals surface area contributed by atoms with Gasteiger partial charge >= 0.3 is 6.03 Å². The van der Waals surface area contributed by atoms with Crippen molar-refractivity contribution < 1.29 is 9.59 Å². The molecule has 186 valence electrons. The standard InChI is InChI=1S/C32H36N2O2/c1-29(2)16-23-17-31(5)19-30(3,4)20-32(21-31)26(23)25(18-29)33(24-14-10-7-11-15-24)28(36)34(32)27(35)22-12-8-6-9-13-22/h6-15,17H,16,18-21H2,1-5H3/t31-,32-/m1/s1. The lowest BCUT2D eigenvalue weighted by atomic mass is 9.49. The summed E-state index contributed by atoms with van der Waals surface area (Å²) in [4.78, 5) is 32.5. The maximum Gasteiger partial charge on any atom is 0.336 e. The number of carbonyl (C=O) groups is 2. The number of carbonyl (C=O) groups excluding carboxylic acids is 2. The second-order valence-corrected chi connectivity index (χ2v) is 13.3. The van der Waals surface area contributed by atoms with E-state index in [0.29, 0.717) is 5.56 Å². The van der Waals surface area contributed by atoms with Crippen molar-refractivity contribution in [2.45, 2.75) is 72.3 Å². The van der Waals surface area contributed by atoms with Gasteiger partial charge in [0.25, 0.3) is 5.91 Å². The minimum atomic E-state index is -0.637. The number of fused-ring (bicyclic) bond motifs is 1. The molecule has 2 aromatic rings. The first-order valence-corrected chi connectivity index (χ1v) is 13.2.